The van der Waals surface area contributed by atoms with Crippen molar-refractivity contribution < 1.29 is 9.59 Å². The fraction of sp³-hybridized carbons (Fsp3) is 0.350. The van der Waals surface area contributed by atoms with Crippen LogP contribution in [-0.4, -0.2) is 36.4 Å². The van der Waals surface area contributed by atoms with Crippen LogP contribution in [0.3, 0.4) is 0 Å². The highest BCUT2D eigenvalue weighted by Crippen LogP contribution is 2.22. The number of hydrogen-bond donors (Lipinski definition) is 2. The second kappa shape index (κ2) is 8.47. The molecule has 0 aliphatic carbocycles. The van der Waals surface area contributed by atoms with Crippen LogP contribution in [0.15, 0.2) is 42.5 Å². The summed E-state index contributed by atoms with van der Waals surface area (Å²) in [6, 6.07) is 12.7. The molecular weight excluding hydrogens is 328 g/mol. The number of benzene rings is 1. The van der Waals surface area contributed by atoms with Gasteiger partial charge in [-0.15, -0.1) is 0 Å². The molecular formula is C20H24N4O2. The summed E-state index contributed by atoms with van der Waals surface area (Å²) in [6.07, 6.45) is 3.30. The van der Waals surface area contributed by atoms with Gasteiger partial charge in [0.1, 0.15) is 11.4 Å². The Morgan fingerprint density at radius 1 is 1.00 bits per heavy atom. The fourth-order valence-electron chi connectivity index (χ4n) is 2.94. The van der Waals surface area contributed by atoms with Gasteiger partial charge >= 0.3 is 0 Å². The van der Waals surface area contributed by atoms with Gasteiger partial charge in [0.15, 0.2) is 0 Å². The second-order valence-electron chi connectivity index (χ2n) is 6.36. The minimum absolute atomic E-state index is 0.220. The van der Waals surface area contributed by atoms with Crippen LogP contribution in [0.1, 0.15) is 47.2 Å². The summed E-state index contributed by atoms with van der Waals surface area (Å²) in [7, 11) is 0. The van der Waals surface area contributed by atoms with Gasteiger partial charge in [0.25, 0.3) is 11.8 Å². The summed E-state index contributed by atoms with van der Waals surface area (Å²) in [6.45, 7) is 4.73. The molecule has 2 aromatic rings. The number of aromatic nitrogens is 1. The van der Waals surface area contributed by atoms with Gasteiger partial charge < -0.3 is 15.5 Å². The van der Waals surface area contributed by atoms with Crippen molar-refractivity contribution in [3.8, 4) is 0 Å². The smallest absolute Gasteiger partial charge is 0.274 e. The Morgan fingerprint density at radius 2 is 1.65 bits per heavy atom. The van der Waals surface area contributed by atoms with Crippen molar-refractivity contribution in [2.45, 2.75) is 26.2 Å². The highest BCUT2D eigenvalue weighted by atomic mass is 16.2. The van der Waals surface area contributed by atoms with E-state index in [0.717, 1.165) is 19.5 Å². The van der Waals surface area contributed by atoms with E-state index in [-0.39, 0.29) is 23.2 Å². The highest BCUT2D eigenvalue weighted by molar-refractivity contribution is 6.03. The van der Waals surface area contributed by atoms with Crippen molar-refractivity contribution in [1.82, 2.24) is 10.3 Å². The molecule has 2 N–H and O–H groups in total. The van der Waals surface area contributed by atoms with Gasteiger partial charge in [0.05, 0.1) is 0 Å². The van der Waals surface area contributed by atoms with E-state index in [2.05, 4.69) is 20.5 Å². The molecule has 0 saturated carbocycles. The Balaban J connectivity index is 1.65. The van der Waals surface area contributed by atoms with E-state index >= 15 is 0 Å². The van der Waals surface area contributed by atoms with Crippen molar-refractivity contribution in [2.75, 3.05) is 29.9 Å². The van der Waals surface area contributed by atoms with Gasteiger partial charge in [-0.05, 0) is 55.7 Å². The van der Waals surface area contributed by atoms with E-state index in [4.69, 9.17) is 0 Å². The maximum atomic E-state index is 12.4. The zero-order valence-corrected chi connectivity index (χ0v) is 15.0. The Morgan fingerprint density at radius 3 is 2.31 bits per heavy atom. The predicted octanol–water partition coefficient (Wildman–Crippen LogP) is 3.07. The summed E-state index contributed by atoms with van der Waals surface area (Å²) in [4.78, 5) is 30.9. The Bertz CT molecular complexity index is 768. The third kappa shape index (κ3) is 4.39. The van der Waals surface area contributed by atoms with E-state index < -0.39 is 0 Å². The van der Waals surface area contributed by atoms with Crippen LogP contribution in [0.5, 0.6) is 0 Å². The van der Waals surface area contributed by atoms with Crippen LogP contribution in [-0.2, 0) is 0 Å². The minimum Gasteiger partial charge on any atom is -0.372 e. The van der Waals surface area contributed by atoms with Gasteiger partial charge in [-0.25, -0.2) is 4.98 Å². The molecule has 0 radical (unpaired) electrons. The third-order valence-corrected chi connectivity index (χ3v) is 4.35. The number of carbonyl (C=O) groups excluding carboxylic acids is 2. The van der Waals surface area contributed by atoms with Gasteiger partial charge in [-0.3, -0.25) is 9.59 Å². The lowest BCUT2D eigenvalue weighted by Crippen LogP contribution is -2.26. The van der Waals surface area contributed by atoms with Crippen LogP contribution in [0.2, 0.25) is 0 Å². The average molecular weight is 352 g/mol. The van der Waals surface area contributed by atoms with E-state index in [9.17, 15) is 9.59 Å². The molecule has 0 spiro atoms. The van der Waals surface area contributed by atoms with Crippen LogP contribution in [0.25, 0.3) is 0 Å². The lowest BCUT2D eigenvalue weighted by atomic mass is 10.2. The third-order valence-electron chi connectivity index (χ3n) is 4.35. The first-order chi connectivity index (χ1) is 12.7. The quantitative estimate of drug-likeness (QED) is 0.838. The molecule has 3 rings (SSSR count). The van der Waals surface area contributed by atoms with Gasteiger partial charge in [0.2, 0.25) is 0 Å². The topological polar surface area (TPSA) is 74.3 Å². The lowest BCUT2D eigenvalue weighted by Gasteiger charge is -2.17. The number of anilines is 2. The largest absolute Gasteiger partial charge is 0.372 e. The van der Waals surface area contributed by atoms with Crippen LogP contribution < -0.4 is 15.5 Å². The molecule has 1 saturated heterocycles. The molecule has 0 atom stereocenters. The van der Waals surface area contributed by atoms with Crippen molar-refractivity contribution in [3.05, 3.63) is 53.9 Å². The fourth-order valence-corrected chi connectivity index (χ4v) is 2.94. The first kappa shape index (κ1) is 17.9. The summed E-state index contributed by atoms with van der Waals surface area (Å²) >= 11 is 0. The lowest BCUT2D eigenvalue weighted by molar-refractivity contribution is 0.0948. The first-order valence-electron chi connectivity index (χ1n) is 9.09. The zero-order chi connectivity index (χ0) is 18.4. The second-order valence-corrected chi connectivity index (χ2v) is 6.36. The molecule has 1 fully saturated rings. The first-order valence-corrected chi connectivity index (χ1v) is 9.09. The SMILES string of the molecule is CCCNC(=O)c1cccc(C(=O)Nc2ccc(N3CCCC3)cc2)n1. The molecule has 1 aromatic carbocycles. The molecule has 6 nitrogen and oxygen atoms in total. The average Bonchev–Trinajstić information content (AvgIpc) is 3.21. The normalized spacial score (nSPS) is 13.5. The number of rotatable bonds is 6. The molecule has 136 valence electrons. The maximum Gasteiger partial charge on any atom is 0.274 e. The van der Waals surface area contributed by atoms with Crippen molar-refractivity contribution in [3.63, 3.8) is 0 Å². The number of amides is 2. The zero-order valence-electron chi connectivity index (χ0n) is 15.0. The molecule has 0 unspecified atom stereocenters. The molecule has 26 heavy (non-hydrogen) atoms. The molecule has 2 amide bonds. The Kier molecular flexibility index (Phi) is 5.84. The number of nitrogens with one attached hydrogen (secondary N) is 2. The maximum absolute atomic E-state index is 12.4. The van der Waals surface area contributed by atoms with Crippen molar-refractivity contribution in [2.24, 2.45) is 0 Å². The summed E-state index contributed by atoms with van der Waals surface area (Å²) < 4.78 is 0. The molecule has 2 heterocycles. The molecule has 0 bridgehead atoms. The van der Waals surface area contributed by atoms with Crippen LogP contribution in [0.4, 0.5) is 11.4 Å². The number of carbonyl (C=O) groups is 2. The van der Waals surface area contributed by atoms with Crippen LogP contribution in [0, 0.1) is 0 Å². The minimum atomic E-state index is -0.330. The molecule has 1 aliphatic rings. The van der Waals surface area contributed by atoms with Gasteiger partial charge in [0, 0.05) is 31.0 Å². The number of pyridine rings is 1. The summed E-state index contributed by atoms with van der Waals surface area (Å²) in [5, 5.41) is 5.59. The highest BCUT2D eigenvalue weighted by Gasteiger charge is 2.14. The standard InChI is InChI=1S/C20H24N4O2/c1-2-12-21-19(25)17-6-5-7-18(23-17)20(26)22-15-8-10-16(11-9-15)24-13-3-4-14-24/h5-11H,2-4,12-14H2,1H3,(H,21,25)(H,22,26). The summed E-state index contributed by atoms with van der Waals surface area (Å²) in [5.41, 5.74) is 2.35. The molecule has 1 aliphatic heterocycles. The number of hydrogen-bond acceptors (Lipinski definition) is 4. The van der Waals surface area contributed by atoms with E-state index in [1.165, 1.54) is 18.5 Å². The molecule has 1 aromatic heterocycles. The van der Waals surface area contributed by atoms with Crippen molar-refractivity contribution in [1.29, 1.82) is 0 Å². The Labute approximate surface area is 153 Å². The number of nitrogens with zero attached hydrogens (tertiary/aromatic N) is 2. The van der Waals surface area contributed by atoms with Gasteiger partial charge in [-0.1, -0.05) is 13.0 Å². The summed E-state index contributed by atoms with van der Waals surface area (Å²) in [5.74, 6) is -0.597. The predicted molar refractivity (Wildman–Crippen MR) is 103 cm³/mol. The van der Waals surface area contributed by atoms with E-state index in [0.29, 0.717) is 12.2 Å². The monoisotopic (exact) mass is 352 g/mol. The van der Waals surface area contributed by atoms with Gasteiger partial charge in [-0.2, -0.15) is 0 Å². The van der Waals surface area contributed by atoms with E-state index in [1.54, 1.807) is 18.2 Å². The van der Waals surface area contributed by atoms with E-state index in [1.807, 2.05) is 31.2 Å². The molecule has 6 heteroatoms. The Hall–Kier alpha value is -2.89. The van der Waals surface area contributed by atoms with Crippen molar-refractivity contribution >= 4 is 23.2 Å². The van der Waals surface area contributed by atoms with Crippen LogP contribution >= 0.6 is 0 Å².